The first-order valence-corrected chi connectivity index (χ1v) is 4.77. The van der Waals surface area contributed by atoms with Crippen molar-refractivity contribution in [2.24, 2.45) is 5.92 Å². The Morgan fingerprint density at radius 3 is 2.80 bits per heavy atom. The van der Waals surface area contributed by atoms with Crippen molar-refractivity contribution in [3.8, 4) is 0 Å². The average Bonchev–Trinajstić information content (AvgIpc) is 2.55. The average molecular weight is 214 g/mol. The summed E-state index contributed by atoms with van der Waals surface area (Å²) >= 11 is 0. The molecule has 1 rings (SSSR count). The fourth-order valence-corrected chi connectivity index (χ4v) is 1.72. The largest absolute Gasteiger partial charge is 0.465 e. The molecular weight excluding hydrogens is 200 g/mol. The molecule has 6 heteroatoms. The highest BCUT2D eigenvalue weighted by molar-refractivity contribution is 5.84. The molecule has 0 aromatic heterocycles. The Balaban J connectivity index is 2.52. The van der Waals surface area contributed by atoms with Gasteiger partial charge in [-0.3, -0.25) is 4.79 Å². The standard InChI is InChI=1S/C9H14N2O4/c1-6-2-3-11(7(6)5-12)8(13)4-10-9(14)15/h5-7,10H,2-4H2,1H3,(H,14,15)/t6-,7-/m1/s1. The van der Waals surface area contributed by atoms with Gasteiger partial charge in [0.1, 0.15) is 12.8 Å². The molecule has 1 fully saturated rings. The number of carbonyl (C=O) groups is 3. The normalized spacial score (nSPS) is 25.0. The first-order chi connectivity index (χ1) is 7.06. The van der Waals surface area contributed by atoms with Crippen LogP contribution < -0.4 is 5.32 Å². The molecule has 0 spiro atoms. The summed E-state index contributed by atoms with van der Waals surface area (Å²) < 4.78 is 0. The number of nitrogens with zero attached hydrogens (tertiary/aromatic N) is 1. The molecule has 6 nitrogen and oxygen atoms in total. The Morgan fingerprint density at radius 1 is 1.60 bits per heavy atom. The first kappa shape index (κ1) is 11.5. The quantitative estimate of drug-likeness (QED) is 0.631. The van der Waals surface area contributed by atoms with Gasteiger partial charge in [0, 0.05) is 6.54 Å². The van der Waals surface area contributed by atoms with E-state index >= 15 is 0 Å². The summed E-state index contributed by atoms with van der Waals surface area (Å²) in [5.41, 5.74) is 0. The maximum Gasteiger partial charge on any atom is 0.405 e. The van der Waals surface area contributed by atoms with Crippen LogP contribution in [-0.2, 0) is 9.59 Å². The first-order valence-electron chi connectivity index (χ1n) is 4.77. The second kappa shape index (κ2) is 4.77. The number of hydrogen-bond acceptors (Lipinski definition) is 3. The van der Waals surface area contributed by atoms with E-state index in [-0.39, 0.29) is 18.4 Å². The summed E-state index contributed by atoms with van der Waals surface area (Å²) in [5, 5.41) is 10.3. The van der Waals surface area contributed by atoms with Gasteiger partial charge in [-0.2, -0.15) is 0 Å². The molecule has 2 N–H and O–H groups in total. The van der Waals surface area contributed by atoms with Crippen molar-refractivity contribution in [2.75, 3.05) is 13.1 Å². The number of hydrogen-bond donors (Lipinski definition) is 2. The number of nitrogens with one attached hydrogen (secondary N) is 1. The Hall–Kier alpha value is -1.59. The molecule has 0 aliphatic carbocycles. The second-order valence-corrected chi connectivity index (χ2v) is 3.64. The van der Waals surface area contributed by atoms with E-state index in [0.29, 0.717) is 6.54 Å². The monoisotopic (exact) mass is 214 g/mol. The van der Waals surface area contributed by atoms with E-state index in [1.807, 2.05) is 12.2 Å². The lowest BCUT2D eigenvalue weighted by Gasteiger charge is -2.21. The molecule has 2 amide bonds. The van der Waals surface area contributed by atoms with Crippen LogP contribution in [0.15, 0.2) is 0 Å². The molecule has 15 heavy (non-hydrogen) atoms. The van der Waals surface area contributed by atoms with Gasteiger partial charge in [0.25, 0.3) is 0 Å². The van der Waals surface area contributed by atoms with E-state index in [9.17, 15) is 14.4 Å². The highest BCUT2D eigenvalue weighted by Gasteiger charge is 2.33. The highest BCUT2D eigenvalue weighted by atomic mass is 16.4. The molecule has 0 saturated carbocycles. The van der Waals surface area contributed by atoms with Crippen molar-refractivity contribution in [3.63, 3.8) is 0 Å². The predicted molar refractivity (Wildman–Crippen MR) is 51.4 cm³/mol. The number of aldehydes is 1. The lowest BCUT2D eigenvalue weighted by molar-refractivity contribution is -0.134. The Labute approximate surface area is 87.2 Å². The zero-order chi connectivity index (χ0) is 11.4. The van der Waals surface area contributed by atoms with Crippen LogP contribution >= 0.6 is 0 Å². The molecule has 1 heterocycles. The van der Waals surface area contributed by atoms with Gasteiger partial charge in [0.15, 0.2) is 0 Å². The Kier molecular flexibility index (Phi) is 3.65. The fraction of sp³-hybridized carbons (Fsp3) is 0.667. The lowest BCUT2D eigenvalue weighted by atomic mass is 10.0. The maximum absolute atomic E-state index is 11.5. The second-order valence-electron chi connectivity index (χ2n) is 3.64. The predicted octanol–water partition coefficient (Wildman–Crippen LogP) is -0.310. The molecule has 1 aliphatic heterocycles. The minimum atomic E-state index is -1.24. The van der Waals surface area contributed by atoms with Crippen LogP contribution in [0.1, 0.15) is 13.3 Å². The minimum Gasteiger partial charge on any atom is -0.465 e. The third-order valence-corrected chi connectivity index (χ3v) is 2.62. The van der Waals surface area contributed by atoms with Crippen molar-refractivity contribution in [2.45, 2.75) is 19.4 Å². The summed E-state index contributed by atoms with van der Waals surface area (Å²) in [6.07, 6.45) is 0.289. The van der Waals surface area contributed by atoms with Crippen LogP contribution in [0.5, 0.6) is 0 Å². The van der Waals surface area contributed by atoms with E-state index in [1.54, 1.807) is 0 Å². The molecule has 0 aromatic carbocycles. The molecule has 84 valence electrons. The Bertz CT molecular complexity index is 279. The van der Waals surface area contributed by atoms with Gasteiger partial charge in [-0.15, -0.1) is 0 Å². The van der Waals surface area contributed by atoms with Crippen molar-refractivity contribution in [1.29, 1.82) is 0 Å². The fourth-order valence-electron chi connectivity index (χ4n) is 1.72. The van der Waals surface area contributed by atoms with Gasteiger partial charge >= 0.3 is 6.09 Å². The van der Waals surface area contributed by atoms with Gasteiger partial charge in [0.2, 0.25) is 5.91 Å². The van der Waals surface area contributed by atoms with Crippen LogP contribution in [-0.4, -0.2) is 47.4 Å². The third-order valence-electron chi connectivity index (χ3n) is 2.62. The summed E-state index contributed by atoms with van der Waals surface area (Å²) in [6, 6.07) is -0.409. The summed E-state index contributed by atoms with van der Waals surface area (Å²) in [5.74, 6) is -0.199. The van der Waals surface area contributed by atoms with Gasteiger partial charge in [-0.05, 0) is 12.3 Å². The topological polar surface area (TPSA) is 86.7 Å². The number of carboxylic acid groups (broad SMARTS) is 1. The number of rotatable bonds is 3. The summed E-state index contributed by atoms with van der Waals surface area (Å²) in [4.78, 5) is 33.9. The SMILES string of the molecule is C[C@@H]1CCN(C(=O)CNC(=O)O)[C@@H]1C=O. The van der Waals surface area contributed by atoms with Crippen LogP contribution in [0.2, 0.25) is 0 Å². The molecule has 0 radical (unpaired) electrons. The summed E-state index contributed by atoms with van der Waals surface area (Å²) in [7, 11) is 0. The molecule has 1 saturated heterocycles. The number of amides is 2. The third kappa shape index (κ3) is 2.68. The summed E-state index contributed by atoms with van der Waals surface area (Å²) in [6.45, 7) is 2.15. The Morgan fingerprint density at radius 2 is 2.27 bits per heavy atom. The number of carbonyl (C=O) groups excluding carboxylic acids is 2. The van der Waals surface area contributed by atoms with Crippen molar-refractivity contribution in [1.82, 2.24) is 10.2 Å². The van der Waals surface area contributed by atoms with E-state index < -0.39 is 12.1 Å². The van der Waals surface area contributed by atoms with Crippen LogP contribution in [0.3, 0.4) is 0 Å². The maximum atomic E-state index is 11.5. The molecule has 0 aromatic rings. The molecular formula is C9H14N2O4. The van der Waals surface area contributed by atoms with E-state index in [2.05, 4.69) is 0 Å². The van der Waals surface area contributed by atoms with Crippen LogP contribution in [0.4, 0.5) is 4.79 Å². The van der Waals surface area contributed by atoms with Gasteiger partial charge in [-0.25, -0.2) is 4.79 Å². The minimum absolute atomic E-state index is 0.149. The van der Waals surface area contributed by atoms with Crippen LogP contribution in [0, 0.1) is 5.92 Å². The van der Waals surface area contributed by atoms with Crippen molar-refractivity contribution < 1.29 is 19.5 Å². The molecule has 0 bridgehead atoms. The molecule has 0 unspecified atom stereocenters. The zero-order valence-electron chi connectivity index (χ0n) is 8.47. The van der Waals surface area contributed by atoms with E-state index in [0.717, 1.165) is 12.7 Å². The smallest absolute Gasteiger partial charge is 0.405 e. The molecule has 2 atom stereocenters. The van der Waals surface area contributed by atoms with Crippen molar-refractivity contribution >= 4 is 18.3 Å². The lowest BCUT2D eigenvalue weighted by Crippen LogP contribution is -2.44. The highest BCUT2D eigenvalue weighted by Crippen LogP contribution is 2.21. The van der Waals surface area contributed by atoms with E-state index in [4.69, 9.17) is 5.11 Å². The van der Waals surface area contributed by atoms with Gasteiger partial charge in [0.05, 0.1) is 6.04 Å². The number of likely N-dealkylation sites (tertiary alicyclic amines) is 1. The van der Waals surface area contributed by atoms with Crippen LogP contribution in [0.25, 0.3) is 0 Å². The molecule has 1 aliphatic rings. The van der Waals surface area contributed by atoms with Gasteiger partial charge in [-0.1, -0.05) is 6.92 Å². The zero-order valence-corrected chi connectivity index (χ0v) is 8.47. The van der Waals surface area contributed by atoms with Gasteiger partial charge < -0.3 is 20.1 Å². The van der Waals surface area contributed by atoms with E-state index in [1.165, 1.54) is 4.90 Å². The van der Waals surface area contributed by atoms with Crippen molar-refractivity contribution in [3.05, 3.63) is 0 Å².